The molecule has 0 atom stereocenters. The third-order valence-electron chi connectivity index (χ3n) is 3.01. The fourth-order valence-electron chi connectivity index (χ4n) is 1.81. The summed E-state index contributed by atoms with van der Waals surface area (Å²) in [6, 6.07) is 8.98. The maximum atomic E-state index is 8.81. The van der Waals surface area contributed by atoms with E-state index in [0.29, 0.717) is 12.6 Å². The van der Waals surface area contributed by atoms with E-state index in [1.165, 1.54) is 16.7 Å². The second kappa shape index (κ2) is 5.67. The highest BCUT2D eigenvalue weighted by atomic mass is 15.1. The van der Waals surface area contributed by atoms with Crippen molar-refractivity contribution in [1.29, 1.82) is 5.26 Å². The van der Waals surface area contributed by atoms with E-state index < -0.39 is 0 Å². The molecule has 0 aliphatic rings. The maximum Gasteiger partial charge on any atom is 0.0871 e. The summed E-state index contributed by atoms with van der Waals surface area (Å²) in [6.07, 6.45) is 0. The van der Waals surface area contributed by atoms with Crippen molar-refractivity contribution in [2.24, 2.45) is 0 Å². The van der Waals surface area contributed by atoms with Crippen LogP contribution in [-0.4, -0.2) is 17.5 Å². The standard InChI is InChI=1S/C14H20N2/c1-11(2)16(9-8-15)10-14-12(3)6-5-7-13(14)4/h5-7,11H,9-10H2,1-4H3. The molecule has 0 spiro atoms. The molecular formula is C14H20N2. The molecule has 0 unspecified atom stereocenters. The van der Waals surface area contributed by atoms with Crippen LogP contribution < -0.4 is 0 Å². The van der Waals surface area contributed by atoms with Crippen LogP contribution in [0, 0.1) is 25.2 Å². The van der Waals surface area contributed by atoms with E-state index in [-0.39, 0.29) is 0 Å². The Kier molecular flexibility index (Phi) is 4.52. The first-order valence-corrected chi connectivity index (χ1v) is 5.72. The molecule has 0 amide bonds. The second-order valence-electron chi connectivity index (χ2n) is 4.53. The number of hydrogen-bond acceptors (Lipinski definition) is 2. The molecular weight excluding hydrogens is 196 g/mol. The van der Waals surface area contributed by atoms with E-state index >= 15 is 0 Å². The van der Waals surface area contributed by atoms with Crippen LogP contribution in [0.2, 0.25) is 0 Å². The molecule has 1 aromatic rings. The molecule has 0 heterocycles. The quantitative estimate of drug-likeness (QED) is 0.723. The van der Waals surface area contributed by atoms with Crippen LogP contribution in [0.4, 0.5) is 0 Å². The SMILES string of the molecule is Cc1cccc(C)c1CN(CC#N)C(C)C. The second-order valence-corrected chi connectivity index (χ2v) is 4.53. The number of aryl methyl sites for hydroxylation is 2. The molecule has 0 aromatic heterocycles. The lowest BCUT2D eigenvalue weighted by molar-refractivity contribution is 0.239. The van der Waals surface area contributed by atoms with Gasteiger partial charge in [0.15, 0.2) is 0 Å². The Hall–Kier alpha value is -1.33. The summed E-state index contributed by atoms with van der Waals surface area (Å²) < 4.78 is 0. The minimum atomic E-state index is 0.402. The summed E-state index contributed by atoms with van der Waals surface area (Å²) in [4.78, 5) is 2.19. The van der Waals surface area contributed by atoms with Gasteiger partial charge in [-0.05, 0) is 44.4 Å². The van der Waals surface area contributed by atoms with Gasteiger partial charge in [0.1, 0.15) is 0 Å². The molecule has 2 nitrogen and oxygen atoms in total. The number of rotatable bonds is 4. The van der Waals surface area contributed by atoms with E-state index in [0.717, 1.165) is 6.54 Å². The molecule has 0 aliphatic heterocycles. The molecule has 0 radical (unpaired) electrons. The molecule has 0 saturated carbocycles. The minimum absolute atomic E-state index is 0.402. The number of nitriles is 1. The van der Waals surface area contributed by atoms with Crippen molar-refractivity contribution in [2.75, 3.05) is 6.54 Å². The van der Waals surface area contributed by atoms with Crippen molar-refractivity contribution in [2.45, 2.75) is 40.3 Å². The Labute approximate surface area is 98.5 Å². The summed E-state index contributed by atoms with van der Waals surface area (Å²) in [5.74, 6) is 0. The average Bonchev–Trinajstić information content (AvgIpc) is 2.21. The van der Waals surface area contributed by atoms with E-state index in [4.69, 9.17) is 5.26 Å². The number of benzene rings is 1. The highest BCUT2D eigenvalue weighted by Crippen LogP contribution is 2.16. The van der Waals surface area contributed by atoms with Crippen LogP contribution in [0.3, 0.4) is 0 Å². The fourth-order valence-corrected chi connectivity index (χ4v) is 1.81. The molecule has 86 valence electrons. The summed E-state index contributed by atoms with van der Waals surface area (Å²) >= 11 is 0. The highest BCUT2D eigenvalue weighted by molar-refractivity contribution is 5.33. The molecule has 0 saturated heterocycles. The van der Waals surface area contributed by atoms with Crippen LogP contribution in [0.15, 0.2) is 18.2 Å². The summed E-state index contributed by atoms with van der Waals surface area (Å²) in [7, 11) is 0. The smallest absolute Gasteiger partial charge is 0.0871 e. The van der Waals surface area contributed by atoms with Gasteiger partial charge in [0, 0.05) is 12.6 Å². The van der Waals surface area contributed by atoms with Gasteiger partial charge in [-0.3, -0.25) is 4.90 Å². The Morgan fingerprint density at radius 2 is 1.81 bits per heavy atom. The Morgan fingerprint density at radius 1 is 1.25 bits per heavy atom. The fraction of sp³-hybridized carbons (Fsp3) is 0.500. The van der Waals surface area contributed by atoms with Gasteiger partial charge in [-0.2, -0.15) is 5.26 Å². The first-order chi connectivity index (χ1) is 7.56. The third kappa shape index (κ3) is 3.08. The topological polar surface area (TPSA) is 27.0 Å². The number of nitrogens with zero attached hydrogens (tertiary/aromatic N) is 2. The van der Waals surface area contributed by atoms with E-state index in [9.17, 15) is 0 Å². The van der Waals surface area contributed by atoms with Gasteiger partial charge in [0.05, 0.1) is 12.6 Å². The van der Waals surface area contributed by atoms with Crippen molar-refractivity contribution in [1.82, 2.24) is 4.90 Å². The zero-order chi connectivity index (χ0) is 12.1. The summed E-state index contributed by atoms with van der Waals surface area (Å²) in [6.45, 7) is 9.88. The van der Waals surface area contributed by atoms with Crippen molar-refractivity contribution in [3.63, 3.8) is 0 Å². The third-order valence-corrected chi connectivity index (χ3v) is 3.01. The van der Waals surface area contributed by atoms with Gasteiger partial charge in [-0.1, -0.05) is 18.2 Å². The minimum Gasteiger partial charge on any atom is -0.284 e. The molecule has 0 N–H and O–H groups in total. The predicted octanol–water partition coefficient (Wildman–Crippen LogP) is 3.04. The molecule has 1 aromatic carbocycles. The van der Waals surface area contributed by atoms with Crippen LogP contribution in [0.25, 0.3) is 0 Å². The van der Waals surface area contributed by atoms with Gasteiger partial charge in [-0.25, -0.2) is 0 Å². The summed E-state index contributed by atoms with van der Waals surface area (Å²) in [5, 5.41) is 8.81. The molecule has 2 heteroatoms. The van der Waals surface area contributed by atoms with Gasteiger partial charge < -0.3 is 0 Å². The lowest BCUT2D eigenvalue weighted by atomic mass is 10.0. The van der Waals surface area contributed by atoms with Crippen molar-refractivity contribution in [3.8, 4) is 6.07 Å². The summed E-state index contributed by atoms with van der Waals surface area (Å²) in [5.41, 5.74) is 3.97. The zero-order valence-corrected chi connectivity index (χ0v) is 10.6. The van der Waals surface area contributed by atoms with Gasteiger partial charge >= 0.3 is 0 Å². The van der Waals surface area contributed by atoms with E-state index in [1.807, 2.05) is 0 Å². The van der Waals surface area contributed by atoms with Crippen LogP contribution in [-0.2, 0) is 6.54 Å². The molecule has 0 bridgehead atoms. The molecule has 0 fully saturated rings. The van der Waals surface area contributed by atoms with Crippen LogP contribution in [0.5, 0.6) is 0 Å². The molecule has 16 heavy (non-hydrogen) atoms. The normalized spacial score (nSPS) is 10.8. The average molecular weight is 216 g/mol. The largest absolute Gasteiger partial charge is 0.284 e. The highest BCUT2D eigenvalue weighted by Gasteiger charge is 2.12. The maximum absolute atomic E-state index is 8.81. The monoisotopic (exact) mass is 216 g/mol. The molecule has 0 aliphatic carbocycles. The predicted molar refractivity (Wildman–Crippen MR) is 67.1 cm³/mol. The number of hydrogen-bond donors (Lipinski definition) is 0. The first-order valence-electron chi connectivity index (χ1n) is 5.72. The van der Waals surface area contributed by atoms with Crippen LogP contribution in [0.1, 0.15) is 30.5 Å². The zero-order valence-electron chi connectivity index (χ0n) is 10.6. The Morgan fingerprint density at radius 3 is 2.25 bits per heavy atom. The van der Waals surface area contributed by atoms with E-state index in [1.54, 1.807) is 0 Å². The van der Waals surface area contributed by atoms with E-state index in [2.05, 4.69) is 56.9 Å². The van der Waals surface area contributed by atoms with Gasteiger partial charge in [0.2, 0.25) is 0 Å². The Bertz CT molecular complexity index is 368. The van der Waals surface area contributed by atoms with Gasteiger partial charge in [-0.15, -0.1) is 0 Å². The van der Waals surface area contributed by atoms with Crippen molar-refractivity contribution in [3.05, 3.63) is 34.9 Å². The first kappa shape index (κ1) is 12.7. The lowest BCUT2D eigenvalue weighted by Crippen LogP contribution is -2.31. The van der Waals surface area contributed by atoms with Crippen LogP contribution >= 0.6 is 0 Å². The van der Waals surface area contributed by atoms with Crippen molar-refractivity contribution >= 4 is 0 Å². The molecule has 1 rings (SSSR count). The van der Waals surface area contributed by atoms with Gasteiger partial charge in [0.25, 0.3) is 0 Å². The lowest BCUT2D eigenvalue weighted by Gasteiger charge is -2.25. The Balaban J connectivity index is 2.90. The van der Waals surface area contributed by atoms with Crippen molar-refractivity contribution < 1.29 is 0 Å².